The number of hydrogen-bond acceptors (Lipinski definition) is 4. The van der Waals surface area contributed by atoms with Gasteiger partial charge in [0.05, 0.1) is 5.70 Å². The van der Waals surface area contributed by atoms with Gasteiger partial charge in [-0.25, -0.2) is 0 Å². The summed E-state index contributed by atoms with van der Waals surface area (Å²) in [5.74, 6) is 0.626. The third-order valence-corrected chi connectivity index (χ3v) is 5.83. The lowest BCUT2D eigenvalue weighted by atomic mass is 9.94. The van der Waals surface area contributed by atoms with Crippen molar-refractivity contribution in [3.8, 4) is 0 Å². The number of Topliss-reactive ketones (excluding diaryl/α,β-unsaturated/α-hetero) is 1. The summed E-state index contributed by atoms with van der Waals surface area (Å²) >= 11 is 0. The number of carbonyl (C=O) groups excluding carboxylic acids is 1. The van der Waals surface area contributed by atoms with Crippen molar-refractivity contribution in [3.63, 3.8) is 0 Å². The molecule has 0 saturated carbocycles. The number of carbonyl (C=O) groups is 1. The first kappa shape index (κ1) is 20.6. The summed E-state index contributed by atoms with van der Waals surface area (Å²) in [6, 6.07) is 8.34. The summed E-state index contributed by atoms with van der Waals surface area (Å²) in [5, 5.41) is 13.3. The molecule has 5 nitrogen and oxygen atoms in total. The molecule has 0 radical (unpaired) electrons. The second-order valence-corrected chi connectivity index (χ2v) is 8.09. The monoisotopic (exact) mass is 383 g/mol. The van der Waals surface area contributed by atoms with Gasteiger partial charge in [0.2, 0.25) is 5.78 Å². The van der Waals surface area contributed by atoms with Crippen molar-refractivity contribution in [1.82, 2.24) is 14.8 Å². The molecule has 1 saturated heterocycles. The molecule has 1 aliphatic heterocycles. The molecule has 0 bridgehead atoms. The van der Waals surface area contributed by atoms with Crippen molar-refractivity contribution in [2.45, 2.75) is 39.2 Å². The predicted octanol–water partition coefficient (Wildman–Crippen LogP) is 3.60. The Hall–Kier alpha value is -2.11. The Bertz CT molecular complexity index is 816. The number of nitrogens with zero attached hydrogens (tertiary/aromatic N) is 2. The number of ketones is 1. The van der Waals surface area contributed by atoms with Gasteiger partial charge >= 0.3 is 0 Å². The summed E-state index contributed by atoms with van der Waals surface area (Å²) in [6.07, 6.45) is 5.17. The third-order valence-electron chi connectivity index (χ3n) is 5.83. The summed E-state index contributed by atoms with van der Waals surface area (Å²) in [5.41, 5.74) is 2.26. The highest BCUT2D eigenvalue weighted by atomic mass is 16.3. The minimum atomic E-state index is -0.0303. The molecule has 2 N–H and O–H groups in total. The number of hydrogen-bond donors (Lipinski definition) is 2. The van der Waals surface area contributed by atoms with Gasteiger partial charge in [-0.3, -0.25) is 4.79 Å². The lowest BCUT2D eigenvalue weighted by molar-refractivity contribution is 0.102. The topological polar surface area (TPSA) is 57.5 Å². The summed E-state index contributed by atoms with van der Waals surface area (Å²) in [7, 11) is 0. The fraction of sp³-hybridized carbons (Fsp3) is 0.522. The van der Waals surface area contributed by atoms with E-state index in [1.165, 1.54) is 0 Å². The van der Waals surface area contributed by atoms with E-state index < -0.39 is 0 Å². The second kappa shape index (κ2) is 9.39. The van der Waals surface area contributed by atoms with Crippen LogP contribution in [0.1, 0.15) is 49.5 Å². The number of aliphatic hydroxyl groups excluding tert-OH is 1. The van der Waals surface area contributed by atoms with Gasteiger partial charge in [0, 0.05) is 48.4 Å². The van der Waals surface area contributed by atoms with Crippen molar-refractivity contribution in [2.24, 2.45) is 5.92 Å². The molecule has 28 heavy (non-hydrogen) atoms. The van der Waals surface area contributed by atoms with E-state index in [2.05, 4.69) is 41.3 Å². The van der Waals surface area contributed by atoms with Gasteiger partial charge < -0.3 is 19.9 Å². The molecule has 1 fully saturated rings. The zero-order chi connectivity index (χ0) is 20.1. The Morgan fingerprint density at radius 1 is 1.29 bits per heavy atom. The number of allylic oxidation sites excluding steroid dienone is 1. The molecule has 1 aromatic heterocycles. The van der Waals surface area contributed by atoms with Gasteiger partial charge in [-0.05, 0) is 58.2 Å². The fourth-order valence-corrected chi connectivity index (χ4v) is 4.10. The maximum absolute atomic E-state index is 13.0. The van der Waals surface area contributed by atoms with Crippen LogP contribution < -0.4 is 5.32 Å². The lowest BCUT2D eigenvalue weighted by Crippen LogP contribution is -2.38. The molecule has 5 heteroatoms. The Kier molecular flexibility index (Phi) is 6.92. The molecule has 1 aliphatic rings. The Morgan fingerprint density at radius 2 is 2.00 bits per heavy atom. The molecule has 0 atom stereocenters. The number of fused-ring (bicyclic) bond motifs is 1. The van der Waals surface area contributed by atoms with Gasteiger partial charge in [-0.1, -0.05) is 24.8 Å². The number of aromatic nitrogens is 1. The Labute approximate surface area is 168 Å². The van der Waals surface area contributed by atoms with Gasteiger partial charge in [-0.2, -0.15) is 0 Å². The SMILES string of the molecule is C=C(NCCN1CCC(CCO)CC1)C(=O)c1cn(C(C)C)c2ccccc12. The van der Waals surface area contributed by atoms with E-state index in [0.717, 1.165) is 56.3 Å². The molecule has 0 aliphatic carbocycles. The van der Waals surface area contributed by atoms with Gasteiger partial charge in [0.1, 0.15) is 0 Å². The van der Waals surface area contributed by atoms with E-state index in [4.69, 9.17) is 5.11 Å². The number of likely N-dealkylation sites (tertiary alicyclic amines) is 1. The second-order valence-electron chi connectivity index (χ2n) is 8.09. The summed E-state index contributed by atoms with van der Waals surface area (Å²) in [4.78, 5) is 15.4. The number of aliphatic hydroxyl groups is 1. The van der Waals surface area contributed by atoms with Crippen LogP contribution in [0.2, 0.25) is 0 Å². The highest BCUT2D eigenvalue weighted by Crippen LogP contribution is 2.26. The van der Waals surface area contributed by atoms with Gasteiger partial charge in [0.15, 0.2) is 0 Å². The number of para-hydroxylation sites is 1. The summed E-state index contributed by atoms with van der Waals surface area (Å²) in [6.45, 7) is 12.3. The fourth-order valence-electron chi connectivity index (χ4n) is 4.10. The zero-order valence-corrected chi connectivity index (χ0v) is 17.2. The van der Waals surface area contributed by atoms with Crippen LogP contribution in [0, 0.1) is 5.92 Å². The largest absolute Gasteiger partial charge is 0.396 e. The number of rotatable bonds is 9. The van der Waals surface area contributed by atoms with E-state index in [1.54, 1.807) is 0 Å². The van der Waals surface area contributed by atoms with Gasteiger partial charge in [-0.15, -0.1) is 0 Å². The first-order valence-electron chi connectivity index (χ1n) is 10.4. The number of nitrogens with one attached hydrogen (secondary N) is 1. The van der Waals surface area contributed by atoms with Crippen LogP contribution in [-0.2, 0) is 0 Å². The Morgan fingerprint density at radius 3 is 2.68 bits per heavy atom. The van der Waals surface area contributed by atoms with Crippen LogP contribution in [0.3, 0.4) is 0 Å². The predicted molar refractivity (Wildman–Crippen MR) is 115 cm³/mol. The highest BCUT2D eigenvalue weighted by molar-refractivity contribution is 6.15. The maximum atomic E-state index is 13.0. The first-order valence-corrected chi connectivity index (χ1v) is 10.4. The van der Waals surface area contributed by atoms with E-state index in [9.17, 15) is 4.79 Å². The molecule has 0 spiro atoms. The minimum absolute atomic E-state index is 0.0303. The normalized spacial score (nSPS) is 16.0. The van der Waals surface area contributed by atoms with Crippen molar-refractivity contribution in [2.75, 3.05) is 32.8 Å². The van der Waals surface area contributed by atoms with E-state index in [-0.39, 0.29) is 5.78 Å². The summed E-state index contributed by atoms with van der Waals surface area (Å²) < 4.78 is 2.15. The van der Waals surface area contributed by atoms with Crippen LogP contribution in [-0.4, -0.2) is 53.1 Å². The standard InChI is InChI=1S/C23H33N3O2/c1-17(2)26-16-21(20-6-4-5-7-22(20)26)23(28)18(3)24-11-14-25-12-8-19(9-13-25)10-15-27/h4-7,16-17,19,24,27H,3,8-15H2,1-2H3. The van der Waals surface area contributed by atoms with Crippen molar-refractivity contribution >= 4 is 16.7 Å². The third kappa shape index (κ3) is 4.65. The number of piperidine rings is 1. The molecule has 0 amide bonds. The van der Waals surface area contributed by atoms with Crippen molar-refractivity contribution < 1.29 is 9.90 Å². The highest BCUT2D eigenvalue weighted by Gasteiger charge is 2.20. The van der Waals surface area contributed by atoms with Crippen LogP contribution in [0.15, 0.2) is 42.7 Å². The van der Waals surface area contributed by atoms with Crippen LogP contribution >= 0.6 is 0 Å². The lowest BCUT2D eigenvalue weighted by Gasteiger charge is -2.31. The minimum Gasteiger partial charge on any atom is -0.396 e. The maximum Gasteiger partial charge on any atom is 0.210 e. The van der Waals surface area contributed by atoms with Crippen LogP contribution in [0.25, 0.3) is 10.9 Å². The quantitative estimate of drug-likeness (QED) is 0.513. The average Bonchev–Trinajstić information content (AvgIpc) is 3.09. The molecular formula is C23H33N3O2. The first-order chi connectivity index (χ1) is 13.5. The zero-order valence-electron chi connectivity index (χ0n) is 17.2. The van der Waals surface area contributed by atoms with E-state index >= 15 is 0 Å². The van der Waals surface area contributed by atoms with Crippen LogP contribution in [0.5, 0.6) is 0 Å². The van der Waals surface area contributed by atoms with Crippen LogP contribution in [0.4, 0.5) is 0 Å². The molecule has 2 aromatic rings. The van der Waals surface area contributed by atoms with E-state index in [0.29, 0.717) is 29.8 Å². The molecule has 0 unspecified atom stereocenters. The smallest absolute Gasteiger partial charge is 0.210 e. The molecule has 1 aromatic carbocycles. The Balaban J connectivity index is 1.56. The molecule has 3 rings (SSSR count). The van der Waals surface area contributed by atoms with Crippen molar-refractivity contribution in [1.29, 1.82) is 0 Å². The number of benzene rings is 1. The molecular weight excluding hydrogens is 350 g/mol. The molecule has 152 valence electrons. The average molecular weight is 384 g/mol. The van der Waals surface area contributed by atoms with Gasteiger partial charge in [0.25, 0.3) is 0 Å². The van der Waals surface area contributed by atoms with E-state index in [1.807, 2.05) is 24.4 Å². The van der Waals surface area contributed by atoms with Crippen molar-refractivity contribution in [3.05, 3.63) is 48.3 Å². The molecule has 2 heterocycles.